The first kappa shape index (κ1) is 18.2. The smallest absolute Gasteiger partial charge is 0.223 e. The minimum Gasteiger partial charge on any atom is -0.338 e. The van der Waals surface area contributed by atoms with Crippen molar-refractivity contribution in [3.63, 3.8) is 0 Å². The molecule has 1 aliphatic rings. The van der Waals surface area contributed by atoms with Gasteiger partial charge >= 0.3 is 0 Å². The minimum atomic E-state index is 0. The number of hydrogen-bond acceptors (Lipinski definition) is 3. The zero-order valence-corrected chi connectivity index (χ0v) is 12.5. The predicted molar refractivity (Wildman–Crippen MR) is 80.8 cm³/mol. The van der Waals surface area contributed by atoms with E-state index in [0.29, 0.717) is 13.0 Å². The second-order valence-electron chi connectivity index (χ2n) is 4.47. The molecule has 1 unspecified atom stereocenters. The number of carbonyl (C=O) groups excluding carboxylic acids is 1. The van der Waals surface area contributed by atoms with Crippen LogP contribution in [-0.2, 0) is 11.2 Å². The number of pyridine rings is 1. The van der Waals surface area contributed by atoms with E-state index in [1.54, 1.807) is 12.4 Å². The van der Waals surface area contributed by atoms with Crippen molar-refractivity contribution in [2.45, 2.75) is 31.7 Å². The molecule has 0 radical (unpaired) electrons. The summed E-state index contributed by atoms with van der Waals surface area (Å²) in [5.41, 5.74) is 6.83. The van der Waals surface area contributed by atoms with Crippen LogP contribution in [0.4, 0.5) is 0 Å². The third-order valence-corrected chi connectivity index (χ3v) is 3.35. The highest BCUT2D eigenvalue weighted by Gasteiger charge is 2.26. The van der Waals surface area contributed by atoms with Gasteiger partial charge < -0.3 is 10.6 Å². The zero-order valence-electron chi connectivity index (χ0n) is 10.8. The molecule has 0 spiro atoms. The monoisotopic (exact) mass is 305 g/mol. The topological polar surface area (TPSA) is 59.2 Å². The highest BCUT2D eigenvalue weighted by atomic mass is 35.5. The van der Waals surface area contributed by atoms with Crippen LogP contribution in [0.2, 0.25) is 0 Å². The Morgan fingerprint density at radius 1 is 1.37 bits per heavy atom. The summed E-state index contributed by atoms with van der Waals surface area (Å²) in [6.07, 6.45) is 7.02. The van der Waals surface area contributed by atoms with Crippen LogP contribution in [-0.4, -0.2) is 34.9 Å². The lowest BCUT2D eigenvalue weighted by atomic mass is 10.1. The van der Waals surface area contributed by atoms with E-state index in [1.165, 1.54) is 0 Å². The standard InChI is InChI=1S/C13H19N3O.2ClH/c14-10-12-2-1-9-16(12)13(17)4-3-11-5-7-15-8-6-11;;/h5-8,12H,1-4,9-10,14H2;2*1H. The lowest BCUT2D eigenvalue weighted by Crippen LogP contribution is -2.39. The summed E-state index contributed by atoms with van der Waals surface area (Å²) >= 11 is 0. The average Bonchev–Trinajstić information content (AvgIpc) is 2.85. The van der Waals surface area contributed by atoms with Crippen LogP contribution in [0.1, 0.15) is 24.8 Å². The normalized spacial score (nSPS) is 17.5. The molecular formula is C13H21Cl2N3O. The number of likely N-dealkylation sites (tertiary alicyclic amines) is 1. The van der Waals surface area contributed by atoms with Crippen LogP contribution in [0.15, 0.2) is 24.5 Å². The van der Waals surface area contributed by atoms with E-state index in [2.05, 4.69) is 4.98 Å². The second kappa shape index (κ2) is 9.13. The molecule has 1 atom stereocenters. The molecular weight excluding hydrogens is 285 g/mol. The molecule has 2 rings (SSSR count). The van der Waals surface area contributed by atoms with Crippen LogP contribution in [0.5, 0.6) is 0 Å². The lowest BCUT2D eigenvalue weighted by molar-refractivity contribution is -0.131. The Hall–Kier alpha value is -0.840. The summed E-state index contributed by atoms with van der Waals surface area (Å²) < 4.78 is 0. The summed E-state index contributed by atoms with van der Waals surface area (Å²) in [5.74, 6) is 0.231. The summed E-state index contributed by atoms with van der Waals surface area (Å²) in [4.78, 5) is 18.0. The van der Waals surface area contributed by atoms with Gasteiger partial charge in [-0.05, 0) is 37.0 Å². The second-order valence-corrected chi connectivity index (χ2v) is 4.47. The van der Waals surface area contributed by atoms with E-state index >= 15 is 0 Å². The molecule has 0 aliphatic carbocycles. The van der Waals surface area contributed by atoms with Crippen LogP contribution in [0.25, 0.3) is 0 Å². The largest absolute Gasteiger partial charge is 0.338 e. The third kappa shape index (κ3) is 4.97. The number of halogens is 2. The van der Waals surface area contributed by atoms with Crippen molar-refractivity contribution in [2.75, 3.05) is 13.1 Å². The number of aromatic nitrogens is 1. The van der Waals surface area contributed by atoms with E-state index < -0.39 is 0 Å². The molecule has 2 heterocycles. The quantitative estimate of drug-likeness (QED) is 0.923. The van der Waals surface area contributed by atoms with Gasteiger partial charge in [0.05, 0.1) is 0 Å². The van der Waals surface area contributed by atoms with E-state index in [-0.39, 0.29) is 36.8 Å². The van der Waals surface area contributed by atoms with Gasteiger partial charge in [-0.25, -0.2) is 0 Å². The Morgan fingerprint density at radius 3 is 2.68 bits per heavy atom. The Morgan fingerprint density at radius 2 is 2.05 bits per heavy atom. The summed E-state index contributed by atoms with van der Waals surface area (Å²) in [7, 11) is 0. The Labute approximate surface area is 126 Å². The highest BCUT2D eigenvalue weighted by Crippen LogP contribution is 2.17. The summed E-state index contributed by atoms with van der Waals surface area (Å²) in [6, 6.07) is 4.18. The van der Waals surface area contributed by atoms with Gasteiger partial charge in [0.2, 0.25) is 5.91 Å². The lowest BCUT2D eigenvalue weighted by Gasteiger charge is -2.23. The molecule has 0 saturated carbocycles. The van der Waals surface area contributed by atoms with Crippen LogP contribution < -0.4 is 5.73 Å². The Kier molecular flexibility index (Phi) is 8.72. The van der Waals surface area contributed by atoms with Gasteiger partial charge in [-0.3, -0.25) is 9.78 Å². The molecule has 1 aromatic heterocycles. The first-order valence-electron chi connectivity index (χ1n) is 6.19. The molecule has 1 saturated heterocycles. The number of nitrogens with two attached hydrogens (primary N) is 1. The minimum absolute atomic E-state index is 0. The predicted octanol–water partition coefficient (Wildman–Crippen LogP) is 1.81. The number of aryl methyl sites for hydroxylation is 1. The van der Waals surface area contributed by atoms with Gasteiger partial charge in [0.25, 0.3) is 0 Å². The number of rotatable bonds is 4. The maximum absolute atomic E-state index is 12.0. The fourth-order valence-corrected chi connectivity index (χ4v) is 2.35. The summed E-state index contributed by atoms with van der Waals surface area (Å²) in [5, 5.41) is 0. The third-order valence-electron chi connectivity index (χ3n) is 3.35. The van der Waals surface area contributed by atoms with Gasteiger partial charge in [-0.2, -0.15) is 0 Å². The molecule has 0 aromatic carbocycles. The SMILES string of the molecule is Cl.Cl.NCC1CCCN1C(=O)CCc1ccncc1. The van der Waals surface area contributed by atoms with Crippen molar-refractivity contribution in [3.8, 4) is 0 Å². The number of carbonyl (C=O) groups is 1. The van der Waals surface area contributed by atoms with Gasteiger partial charge in [0.15, 0.2) is 0 Å². The van der Waals surface area contributed by atoms with Crippen LogP contribution >= 0.6 is 24.8 Å². The molecule has 1 aromatic rings. The van der Waals surface area contributed by atoms with E-state index in [4.69, 9.17) is 5.73 Å². The number of nitrogens with zero attached hydrogens (tertiary/aromatic N) is 2. The first-order chi connectivity index (χ1) is 8.31. The van der Waals surface area contributed by atoms with E-state index in [9.17, 15) is 4.79 Å². The van der Waals surface area contributed by atoms with Gasteiger partial charge in [-0.15, -0.1) is 24.8 Å². The van der Waals surface area contributed by atoms with Gasteiger partial charge in [0, 0.05) is 37.9 Å². The molecule has 1 fully saturated rings. The van der Waals surface area contributed by atoms with Crippen molar-refractivity contribution < 1.29 is 4.79 Å². The molecule has 108 valence electrons. The van der Waals surface area contributed by atoms with E-state index in [0.717, 1.165) is 31.4 Å². The zero-order chi connectivity index (χ0) is 12.1. The van der Waals surface area contributed by atoms with Crippen molar-refractivity contribution in [2.24, 2.45) is 5.73 Å². The highest BCUT2D eigenvalue weighted by molar-refractivity contribution is 5.85. The van der Waals surface area contributed by atoms with Crippen molar-refractivity contribution >= 4 is 30.7 Å². The summed E-state index contributed by atoms with van der Waals surface area (Å²) in [6.45, 7) is 1.46. The molecule has 2 N–H and O–H groups in total. The maximum Gasteiger partial charge on any atom is 0.223 e. The molecule has 0 bridgehead atoms. The molecule has 4 nitrogen and oxygen atoms in total. The van der Waals surface area contributed by atoms with E-state index in [1.807, 2.05) is 17.0 Å². The Bertz CT molecular complexity index is 375. The Balaban J connectivity index is 0.00000162. The van der Waals surface area contributed by atoms with Crippen molar-refractivity contribution in [1.82, 2.24) is 9.88 Å². The average molecular weight is 306 g/mol. The fourth-order valence-electron chi connectivity index (χ4n) is 2.35. The molecule has 6 heteroatoms. The van der Waals surface area contributed by atoms with Gasteiger partial charge in [-0.1, -0.05) is 0 Å². The number of amides is 1. The van der Waals surface area contributed by atoms with Gasteiger partial charge in [0.1, 0.15) is 0 Å². The maximum atomic E-state index is 12.0. The fraction of sp³-hybridized carbons (Fsp3) is 0.538. The molecule has 19 heavy (non-hydrogen) atoms. The first-order valence-corrected chi connectivity index (χ1v) is 6.19. The molecule has 1 aliphatic heterocycles. The van der Waals surface area contributed by atoms with Crippen LogP contribution in [0, 0.1) is 0 Å². The number of hydrogen-bond donors (Lipinski definition) is 1. The van der Waals surface area contributed by atoms with Crippen LogP contribution in [0.3, 0.4) is 0 Å². The molecule has 1 amide bonds. The van der Waals surface area contributed by atoms with Crippen molar-refractivity contribution in [1.29, 1.82) is 0 Å². The van der Waals surface area contributed by atoms with Crippen molar-refractivity contribution in [3.05, 3.63) is 30.1 Å².